The van der Waals surface area contributed by atoms with Gasteiger partial charge in [-0.15, -0.1) is 0 Å². The molecule has 3 aromatic carbocycles. The molecule has 168 valence electrons. The highest BCUT2D eigenvalue weighted by Gasteiger charge is 2.15. The molecule has 0 saturated heterocycles. The summed E-state index contributed by atoms with van der Waals surface area (Å²) in [4.78, 5) is 12.7. The number of hydrogen-bond acceptors (Lipinski definition) is 4. The molecule has 0 aliphatic carbocycles. The average Bonchev–Trinajstić information content (AvgIpc) is 2.82. The number of carbonyl (C=O) groups excluding carboxylic acids is 1. The van der Waals surface area contributed by atoms with Crippen LogP contribution in [0, 0.1) is 14.9 Å². The lowest BCUT2D eigenvalue weighted by Gasteiger charge is -2.14. The number of carbonyl (C=O) groups is 1. The molecule has 0 unspecified atom stereocenters. The van der Waals surface area contributed by atoms with E-state index < -0.39 is 5.91 Å². The predicted octanol–water partition coefficient (Wildman–Crippen LogP) is 6.64. The molecule has 0 spiro atoms. The van der Waals surface area contributed by atoms with Gasteiger partial charge in [-0.25, -0.2) is 0 Å². The van der Waals surface area contributed by atoms with Gasteiger partial charge in [0.2, 0.25) is 0 Å². The van der Waals surface area contributed by atoms with Gasteiger partial charge < -0.3 is 14.8 Å². The molecule has 0 atom stereocenters. The van der Waals surface area contributed by atoms with Gasteiger partial charge in [-0.3, -0.25) is 4.79 Å². The number of rotatable bonds is 8. The third-order valence-electron chi connectivity index (χ3n) is 4.90. The molecule has 0 aromatic heterocycles. The van der Waals surface area contributed by atoms with Crippen LogP contribution in [0.3, 0.4) is 0 Å². The fraction of sp³-hybridized carbons (Fsp3) is 0.154. The highest BCUT2D eigenvalue weighted by molar-refractivity contribution is 14.1. The maximum Gasteiger partial charge on any atom is 0.266 e. The molecule has 0 aliphatic rings. The quantitative estimate of drug-likeness (QED) is 0.187. The largest absolute Gasteiger partial charge is 0.493 e. The molecule has 0 radical (unpaired) electrons. The number of amides is 1. The van der Waals surface area contributed by atoms with Gasteiger partial charge in [0.05, 0.1) is 10.7 Å². The van der Waals surface area contributed by atoms with Crippen molar-refractivity contribution in [2.45, 2.75) is 20.0 Å². The number of ether oxygens (including phenoxy) is 2. The van der Waals surface area contributed by atoms with Gasteiger partial charge >= 0.3 is 0 Å². The van der Waals surface area contributed by atoms with E-state index in [0.717, 1.165) is 21.1 Å². The Hall–Kier alpha value is -3.02. The predicted molar refractivity (Wildman–Crippen MR) is 140 cm³/mol. The normalized spacial score (nSPS) is 10.9. The van der Waals surface area contributed by atoms with E-state index in [2.05, 4.69) is 27.9 Å². The molecule has 33 heavy (non-hydrogen) atoms. The van der Waals surface area contributed by atoms with Crippen molar-refractivity contribution in [1.82, 2.24) is 0 Å². The number of anilines is 1. The Morgan fingerprint density at radius 3 is 2.52 bits per heavy atom. The van der Waals surface area contributed by atoms with Crippen LogP contribution < -0.4 is 14.8 Å². The topological polar surface area (TPSA) is 71.4 Å². The zero-order valence-electron chi connectivity index (χ0n) is 18.2. The second-order valence-electron chi connectivity index (χ2n) is 7.05. The van der Waals surface area contributed by atoms with Crippen LogP contribution >= 0.6 is 34.2 Å². The number of benzene rings is 3. The van der Waals surface area contributed by atoms with Crippen molar-refractivity contribution < 1.29 is 14.3 Å². The average molecular weight is 573 g/mol. The van der Waals surface area contributed by atoms with E-state index in [4.69, 9.17) is 21.1 Å². The molecule has 0 heterocycles. The van der Waals surface area contributed by atoms with Gasteiger partial charge in [0.1, 0.15) is 18.2 Å². The lowest BCUT2D eigenvalue weighted by atomic mass is 10.1. The molecular formula is C26H22ClIN2O3. The van der Waals surface area contributed by atoms with Crippen molar-refractivity contribution >= 4 is 51.9 Å². The summed E-state index contributed by atoms with van der Waals surface area (Å²) in [6, 6.07) is 20.5. The van der Waals surface area contributed by atoms with Crippen molar-refractivity contribution in [2.75, 3.05) is 12.4 Å². The number of aryl methyl sites for hydroxylation is 1. The molecule has 0 aliphatic heterocycles. The van der Waals surface area contributed by atoms with Crippen molar-refractivity contribution in [3.05, 3.63) is 91.5 Å². The molecular weight excluding hydrogens is 551 g/mol. The van der Waals surface area contributed by atoms with Crippen LogP contribution in [0.1, 0.15) is 23.6 Å². The first-order valence-electron chi connectivity index (χ1n) is 10.2. The van der Waals surface area contributed by atoms with Crippen LogP contribution in [0.4, 0.5) is 5.69 Å². The van der Waals surface area contributed by atoms with Gasteiger partial charge in [0, 0.05) is 16.3 Å². The minimum absolute atomic E-state index is 0.0107. The summed E-state index contributed by atoms with van der Waals surface area (Å²) in [6.07, 6.45) is 2.31. The van der Waals surface area contributed by atoms with Gasteiger partial charge in [-0.2, -0.15) is 5.26 Å². The van der Waals surface area contributed by atoms with Crippen LogP contribution in [0.15, 0.2) is 66.2 Å². The summed E-state index contributed by atoms with van der Waals surface area (Å²) in [5, 5.41) is 13.1. The second-order valence-corrected chi connectivity index (χ2v) is 8.62. The third-order valence-corrected chi connectivity index (χ3v) is 6.07. The zero-order valence-corrected chi connectivity index (χ0v) is 21.1. The highest BCUT2D eigenvalue weighted by atomic mass is 127. The first-order valence-corrected chi connectivity index (χ1v) is 11.7. The van der Waals surface area contributed by atoms with Crippen molar-refractivity contribution in [3.8, 4) is 17.6 Å². The van der Waals surface area contributed by atoms with Crippen molar-refractivity contribution in [3.63, 3.8) is 0 Å². The van der Waals surface area contributed by atoms with E-state index in [1.165, 1.54) is 6.08 Å². The van der Waals surface area contributed by atoms with Crippen LogP contribution in [0.2, 0.25) is 5.02 Å². The fourth-order valence-electron chi connectivity index (χ4n) is 3.18. The minimum Gasteiger partial charge on any atom is -0.493 e. The first kappa shape index (κ1) is 24.6. The molecule has 5 nitrogen and oxygen atoms in total. The Kier molecular flexibility index (Phi) is 8.75. The summed E-state index contributed by atoms with van der Waals surface area (Å²) in [7, 11) is 1.54. The molecule has 0 saturated carbocycles. The molecule has 0 bridgehead atoms. The van der Waals surface area contributed by atoms with Crippen molar-refractivity contribution in [2.24, 2.45) is 0 Å². The summed E-state index contributed by atoms with van der Waals surface area (Å²) in [5.41, 5.74) is 3.19. The Balaban J connectivity index is 1.84. The van der Waals surface area contributed by atoms with Crippen molar-refractivity contribution in [1.29, 1.82) is 5.26 Å². The summed E-state index contributed by atoms with van der Waals surface area (Å²) >= 11 is 8.36. The molecule has 1 N–H and O–H groups in total. The minimum atomic E-state index is -0.466. The number of para-hydroxylation sites is 1. The molecule has 0 fully saturated rings. The number of nitrogens with zero attached hydrogens (tertiary/aromatic N) is 1. The molecule has 1 amide bonds. The third kappa shape index (κ3) is 6.28. The smallest absolute Gasteiger partial charge is 0.266 e. The molecule has 3 aromatic rings. The van der Waals surface area contributed by atoms with Crippen LogP contribution in [-0.2, 0) is 17.8 Å². The van der Waals surface area contributed by atoms with E-state index >= 15 is 0 Å². The van der Waals surface area contributed by atoms with Crippen LogP contribution in [0.25, 0.3) is 6.08 Å². The van der Waals surface area contributed by atoms with E-state index in [1.54, 1.807) is 13.2 Å². The van der Waals surface area contributed by atoms with E-state index in [1.807, 2.05) is 67.6 Å². The Morgan fingerprint density at radius 2 is 1.85 bits per heavy atom. The lowest BCUT2D eigenvalue weighted by Crippen LogP contribution is -2.14. The van der Waals surface area contributed by atoms with E-state index in [-0.39, 0.29) is 12.2 Å². The van der Waals surface area contributed by atoms with E-state index in [9.17, 15) is 10.1 Å². The number of nitriles is 1. The van der Waals surface area contributed by atoms with Gasteiger partial charge in [0.15, 0.2) is 11.5 Å². The Morgan fingerprint density at radius 1 is 1.15 bits per heavy atom. The highest BCUT2D eigenvalue weighted by Crippen LogP contribution is 2.35. The standard InChI is InChI=1S/C26H22ClIN2O3/c1-3-18-8-5-7-11-23(18)30-26(31)20(15-29)12-17-13-22(28)25(24(14-17)32-2)33-16-19-9-4-6-10-21(19)27/h4-14H,3,16H2,1-2H3,(H,30,31)/b20-12+. The second kappa shape index (κ2) is 11.7. The Labute approximate surface area is 212 Å². The van der Waals surface area contributed by atoms with Gasteiger partial charge in [0.25, 0.3) is 5.91 Å². The monoisotopic (exact) mass is 572 g/mol. The SMILES string of the molecule is CCc1ccccc1NC(=O)/C(C#N)=C/c1cc(I)c(OCc2ccccc2Cl)c(OC)c1. The number of nitrogens with one attached hydrogen (secondary N) is 1. The number of halogens is 2. The van der Waals surface area contributed by atoms with Crippen LogP contribution in [0.5, 0.6) is 11.5 Å². The molecule has 3 rings (SSSR count). The number of hydrogen-bond donors (Lipinski definition) is 1. The molecule has 7 heteroatoms. The fourth-order valence-corrected chi connectivity index (χ4v) is 4.16. The van der Waals surface area contributed by atoms with E-state index in [0.29, 0.717) is 27.8 Å². The lowest BCUT2D eigenvalue weighted by molar-refractivity contribution is -0.112. The Bertz CT molecular complexity index is 1230. The van der Waals surface area contributed by atoms with Crippen LogP contribution in [-0.4, -0.2) is 13.0 Å². The zero-order chi connectivity index (χ0) is 23.8. The maximum absolute atomic E-state index is 12.7. The number of methoxy groups -OCH3 is 1. The van der Waals surface area contributed by atoms with Gasteiger partial charge in [-0.1, -0.05) is 54.9 Å². The maximum atomic E-state index is 12.7. The summed E-state index contributed by atoms with van der Waals surface area (Å²) in [5.74, 6) is 0.593. The first-order chi connectivity index (χ1) is 16.0. The van der Waals surface area contributed by atoms with Gasteiger partial charge in [-0.05, 0) is 70.5 Å². The summed E-state index contributed by atoms with van der Waals surface area (Å²) < 4.78 is 12.3. The summed E-state index contributed by atoms with van der Waals surface area (Å²) in [6.45, 7) is 2.29.